The fourth-order valence-corrected chi connectivity index (χ4v) is 5.08. The van der Waals surface area contributed by atoms with Crippen LogP contribution in [0.1, 0.15) is 98.7 Å². The van der Waals surface area contributed by atoms with Crippen LogP contribution in [0.5, 0.6) is 0 Å². The molecule has 4 N–H and O–H groups in total. The van der Waals surface area contributed by atoms with Gasteiger partial charge in [0.15, 0.2) is 0 Å². The Hall–Kier alpha value is -4.41. The van der Waals surface area contributed by atoms with Gasteiger partial charge in [-0.05, 0) is 78.4 Å². The maximum Gasteiger partial charge on any atom is 0.408 e. The smallest absolute Gasteiger partial charge is 0.408 e. The number of esters is 1. The lowest BCUT2D eigenvalue weighted by Gasteiger charge is -2.39. The molecule has 0 radical (unpaired) electrons. The number of rotatable bonds is 15. The van der Waals surface area contributed by atoms with E-state index in [0.717, 1.165) is 12.0 Å². The van der Waals surface area contributed by atoms with Gasteiger partial charge in [0.25, 0.3) is 0 Å². The molecule has 2 aromatic rings. The van der Waals surface area contributed by atoms with Gasteiger partial charge in [-0.1, -0.05) is 74.5 Å². The first kappa shape index (κ1) is 39.8. The van der Waals surface area contributed by atoms with E-state index in [4.69, 9.17) is 15.2 Å². The number of nitrogens with two attached hydrogens (primary N) is 1. The molecule has 2 rings (SSSR count). The van der Waals surface area contributed by atoms with Crippen LogP contribution in [-0.4, -0.2) is 64.0 Å². The van der Waals surface area contributed by atoms with Crippen molar-refractivity contribution in [1.82, 2.24) is 15.5 Å². The predicted molar refractivity (Wildman–Crippen MR) is 184 cm³/mol. The van der Waals surface area contributed by atoms with Crippen LogP contribution in [0.2, 0.25) is 0 Å². The molecule has 48 heavy (non-hydrogen) atoms. The Morgan fingerprint density at radius 3 is 1.79 bits per heavy atom. The number of alkyl carbamates (subject to hydrolysis) is 1. The number of nitrogens with one attached hydrogen (secondary N) is 2. The van der Waals surface area contributed by atoms with Crippen LogP contribution in [0.4, 0.5) is 4.79 Å². The molecule has 4 amide bonds. The fourth-order valence-electron chi connectivity index (χ4n) is 5.08. The van der Waals surface area contributed by atoms with Gasteiger partial charge in [0.05, 0.1) is 6.42 Å². The molecular weight excluding hydrogens is 612 g/mol. The van der Waals surface area contributed by atoms with Crippen molar-refractivity contribution in [3.05, 3.63) is 71.8 Å². The summed E-state index contributed by atoms with van der Waals surface area (Å²) in [5.41, 5.74) is 5.11. The lowest BCUT2D eigenvalue weighted by atomic mass is 9.96. The van der Waals surface area contributed by atoms with E-state index in [1.807, 2.05) is 37.3 Å². The number of primary amides is 1. The number of carbonyl (C=O) groups is 5. The van der Waals surface area contributed by atoms with Gasteiger partial charge in [-0.15, -0.1) is 0 Å². The van der Waals surface area contributed by atoms with E-state index in [-0.39, 0.29) is 12.3 Å². The average Bonchev–Trinajstić information content (AvgIpc) is 2.96. The van der Waals surface area contributed by atoms with E-state index >= 15 is 0 Å². The second-order valence-electron chi connectivity index (χ2n) is 14.5. The number of ether oxygens (including phenoxy) is 2. The summed E-state index contributed by atoms with van der Waals surface area (Å²) >= 11 is 0. The second-order valence-corrected chi connectivity index (χ2v) is 14.5. The summed E-state index contributed by atoms with van der Waals surface area (Å²) in [7, 11) is 0. The number of benzene rings is 2. The Bertz CT molecular complexity index is 1370. The predicted octanol–water partition coefficient (Wildman–Crippen LogP) is 5.22. The minimum Gasteiger partial charge on any atom is -0.458 e. The summed E-state index contributed by atoms with van der Waals surface area (Å²) in [6.45, 7) is 16.2. The monoisotopic (exact) mass is 666 g/mol. The van der Waals surface area contributed by atoms with Crippen LogP contribution in [-0.2, 0) is 35.1 Å². The first-order valence-corrected chi connectivity index (χ1v) is 16.5. The molecule has 0 heterocycles. The number of hydrogen-bond acceptors (Lipinski definition) is 7. The third-order valence-electron chi connectivity index (χ3n) is 7.22. The minimum atomic E-state index is -1.43. The Morgan fingerprint density at radius 1 is 0.750 bits per heavy atom. The second kappa shape index (κ2) is 17.7. The van der Waals surface area contributed by atoms with Crippen molar-refractivity contribution in [2.45, 2.75) is 123 Å². The van der Waals surface area contributed by atoms with Gasteiger partial charge < -0.3 is 30.7 Å². The molecule has 11 nitrogen and oxygen atoms in total. The first-order chi connectivity index (χ1) is 22.3. The van der Waals surface area contributed by atoms with Crippen molar-refractivity contribution >= 4 is 29.8 Å². The number of carbonyl (C=O) groups excluding carboxylic acids is 5. The third-order valence-corrected chi connectivity index (χ3v) is 7.22. The molecule has 4 atom stereocenters. The standard InChI is InChI=1S/C37H54N4O7/c1-24(2)20-21-25(3)41(33(44)28(23-30(38)42)40-35(46)48-37(7,8)9)31(27-18-14-11-15-19-27)32(43)39-29(34(45)47-36(4,5)6)22-26-16-12-10-13-17-26/h10-19,24-25,28-29,31H,20-23H2,1-9H3,(H2,38,42)(H,39,43)(H,40,46). The summed E-state index contributed by atoms with van der Waals surface area (Å²) in [5, 5.41) is 5.39. The van der Waals surface area contributed by atoms with Gasteiger partial charge in [0.2, 0.25) is 17.7 Å². The van der Waals surface area contributed by atoms with Gasteiger partial charge in [-0.25, -0.2) is 9.59 Å². The van der Waals surface area contributed by atoms with Crippen molar-refractivity contribution in [2.24, 2.45) is 11.7 Å². The van der Waals surface area contributed by atoms with Crippen LogP contribution >= 0.6 is 0 Å². The van der Waals surface area contributed by atoms with Crippen molar-refractivity contribution < 1.29 is 33.4 Å². The lowest BCUT2D eigenvalue weighted by Crippen LogP contribution is -2.57. The van der Waals surface area contributed by atoms with Gasteiger partial charge in [-0.2, -0.15) is 0 Å². The Kier molecular flexibility index (Phi) is 14.6. The van der Waals surface area contributed by atoms with E-state index in [1.54, 1.807) is 71.9 Å². The molecule has 0 saturated heterocycles. The highest BCUT2D eigenvalue weighted by Gasteiger charge is 2.41. The molecule has 0 saturated carbocycles. The zero-order valence-corrected chi connectivity index (χ0v) is 29.9. The highest BCUT2D eigenvalue weighted by atomic mass is 16.6. The molecule has 0 aliphatic rings. The normalized spacial score (nSPS) is 14.2. The Balaban J connectivity index is 2.67. The number of amides is 4. The quantitative estimate of drug-likeness (QED) is 0.220. The first-order valence-electron chi connectivity index (χ1n) is 16.5. The van der Waals surface area contributed by atoms with Crippen molar-refractivity contribution in [2.75, 3.05) is 0 Å². The molecule has 0 spiro atoms. The molecule has 0 aromatic heterocycles. The average molecular weight is 667 g/mol. The van der Waals surface area contributed by atoms with Crippen LogP contribution < -0.4 is 16.4 Å². The van der Waals surface area contributed by atoms with E-state index in [0.29, 0.717) is 12.0 Å². The fraction of sp³-hybridized carbons (Fsp3) is 0.541. The van der Waals surface area contributed by atoms with E-state index in [1.165, 1.54) is 4.90 Å². The van der Waals surface area contributed by atoms with Gasteiger partial charge >= 0.3 is 12.1 Å². The molecule has 11 heteroatoms. The lowest BCUT2D eigenvalue weighted by molar-refractivity contribution is -0.159. The summed E-state index contributed by atoms with van der Waals surface area (Å²) < 4.78 is 11.1. The highest BCUT2D eigenvalue weighted by Crippen LogP contribution is 2.28. The van der Waals surface area contributed by atoms with Crippen LogP contribution in [0.3, 0.4) is 0 Å². The maximum absolute atomic E-state index is 14.6. The number of nitrogens with zero attached hydrogens (tertiary/aromatic N) is 1. The Morgan fingerprint density at radius 2 is 1.29 bits per heavy atom. The molecule has 0 bridgehead atoms. The molecular formula is C37H54N4O7. The van der Waals surface area contributed by atoms with Crippen LogP contribution in [0.25, 0.3) is 0 Å². The van der Waals surface area contributed by atoms with Gasteiger partial charge in [0, 0.05) is 12.5 Å². The zero-order valence-electron chi connectivity index (χ0n) is 29.9. The largest absolute Gasteiger partial charge is 0.458 e. The van der Waals surface area contributed by atoms with E-state index in [9.17, 15) is 24.0 Å². The van der Waals surface area contributed by atoms with Crippen molar-refractivity contribution in [1.29, 1.82) is 0 Å². The summed E-state index contributed by atoms with van der Waals surface area (Å²) in [6.07, 6.45) is -0.0591. The maximum atomic E-state index is 14.6. The highest BCUT2D eigenvalue weighted by molar-refractivity contribution is 5.95. The molecule has 264 valence electrons. The molecule has 2 aromatic carbocycles. The van der Waals surface area contributed by atoms with Crippen molar-refractivity contribution in [3.63, 3.8) is 0 Å². The minimum absolute atomic E-state index is 0.143. The molecule has 0 fully saturated rings. The molecule has 0 aliphatic heterocycles. The van der Waals surface area contributed by atoms with E-state index < -0.39 is 71.6 Å². The zero-order chi connectivity index (χ0) is 36.2. The van der Waals surface area contributed by atoms with E-state index in [2.05, 4.69) is 24.5 Å². The number of hydrogen-bond donors (Lipinski definition) is 3. The third kappa shape index (κ3) is 13.8. The van der Waals surface area contributed by atoms with Gasteiger partial charge in [-0.3, -0.25) is 14.4 Å². The van der Waals surface area contributed by atoms with Crippen LogP contribution in [0, 0.1) is 5.92 Å². The summed E-state index contributed by atoms with van der Waals surface area (Å²) in [4.78, 5) is 69.0. The molecule has 0 aliphatic carbocycles. The van der Waals surface area contributed by atoms with Gasteiger partial charge in [0.1, 0.15) is 29.3 Å². The summed E-state index contributed by atoms with van der Waals surface area (Å²) in [6, 6.07) is 13.6. The van der Waals surface area contributed by atoms with Crippen LogP contribution in [0.15, 0.2) is 60.7 Å². The topological polar surface area (TPSA) is 157 Å². The molecule has 4 unspecified atom stereocenters. The summed E-state index contributed by atoms with van der Waals surface area (Å²) in [5.74, 6) is -2.50. The SMILES string of the molecule is CC(C)CCC(C)N(C(=O)C(CC(N)=O)NC(=O)OC(C)(C)C)C(C(=O)NC(Cc1ccccc1)C(=O)OC(C)(C)C)c1ccccc1. The Labute approximate surface area is 285 Å². The van der Waals surface area contributed by atoms with Crippen molar-refractivity contribution in [3.8, 4) is 0 Å².